The fourth-order valence-electron chi connectivity index (χ4n) is 1.32. The Hall–Kier alpha value is -1.46. The zero-order valence-electron chi connectivity index (χ0n) is 8.02. The van der Waals surface area contributed by atoms with Crippen molar-refractivity contribution in [2.45, 2.75) is 33.9 Å². The third-order valence-corrected chi connectivity index (χ3v) is 1.99. The Morgan fingerprint density at radius 1 is 1.62 bits per heavy atom. The van der Waals surface area contributed by atoms with Crippen molar-refractivity contribution in [3.8, 4) is 0 Å². The van der Waals surface area contributed by atoms with Crippen molar-refractivity contribution < 1.29 is 9.49 Å². The van der Waals surface area contributed by atoms with Gasteiger partial charge in [0.15, 0.2) is 5.10 Å². The summed E-state index contributed by atoms with van der Waals surface area (Å²) in [5.41, 5.74) is 0. The normalized spacial score (nSPS) is 10.4. The van der Waals surface area contributed by atoms with Crippen LogP contribution in [-0.2, 0) is 13.1 Å². The van der Waals surface area contributed by atoms with E-state index in [0.29, 0.717) is 13.1 Å². The Morgan fingerprint density at radius 2 is 2.23 bits per heavy atom. The Balaban J connectivity index is 3.27. The second-order valence-electron chi connectivity index (χ2n) is 2.66. The van der Waals surface area contributed by atoms with E-state index < -0.39 is 4.92 Å². The van der Waals surface area contributed by atoms with E-state index in [1.165, 1.54) is 0 Å². The maximum Gasteiger partial charge on any atom is 0.654 e. The Bertz CT molecular complexity index is 331. The fourth-order valence-corrected chi connectivity index (χ4v) is 1.32. The maximum atomic E-state index is 10.6. The summed E-state index contributed by atoms with van der Waals surface area (Å²) in [5, 5.41) is 14.5. The van der Waals surface area contributed by atoms with Gasteiger partial charge in [0.1, 0.15) is 6.54 Å². The summed E-state index contributed by atoms with van der Waals surface area (Å²) in [6.07, 6.45) is 0. The van der Waals surface area contributed by atoms with Gasteiger partial charge in [-0.1, -0.05) is 4.68 Å². The van der Waals surface area contributed by atoms with Gasteiger partial charge >= 0.3 is 5.95 Å². The van der Waals surface area contributed by atoms with Crippen LogP contribution in [0.1, 0.15) is 19.7 Å². The highest BCUT2D eigenvalue weighted by Crippen LogP contribution is 2.02. The van der Waals surface area contributed by atoms with Gasteiger partial charge in [-0.2, -0.15) is 0 Å². The van der Waals surface area contributed by atoms with Crippen molar-refractivity contribution in [2.24, 2.45) is 0 Å². The van der Waals surface area contributed by atoms with Crippen LogP contribution in [0.2, 0.25) is 0 Å². The second kappa shape index (κ2) is 3.51. The summed E-state index contributed by atoms with van der Waals surface area (Å²) < 4.78 is 3.21. The minimum Gasteiger partial charge on any atom is -0.320 e. The van der Waals surface area contributed by atoms with Gasteiger partial charge < -0.3 is 10.1 Å². The highest BCUT2D eigenvalue weighted by molar-refractivity contribution is 4.91. The summed E-state index contributed by atoms with van der Waals surface area (Å²) >= 11 is 0. The molecule has 0 saturated heterocycles. The van der Waals surface area contributed by atoms with E-state index in [0.717, 1.165) is 5.82 Å². The summed E-state index contributed by atoms with van der Waals surface area (Å²) in [5.74, 6) is 0.735. The van der Waals surface area contributed by atoms with Crippen LogP contribution in [-0.4, -0.2) is 14.7 Å². The third kappa shape index (κ3) is 1.51. The van der Waals surface area contributed by atoms with Crippen LogP contribution >= 0.6 is 0 Å². The molecule has 0 amide bonds. The molecule has 0 bridgehead atoms. The maximum absolute atomic E-state index is 10.6. The largest absolute Gasteiger partial charge is 0.654 e. The minimum atomic E-state index is -0.456. The lowest BCUT2D eigenvalue weighted by molar-refractivity contribution is -0.738. The van der Waals surface area contributed by atoms with E-state index >= 15 is 0 Å². The molecule has 0 aromatic carbocycles. The average molecular weight is 185 g/mol. The number of aryl methyl sites for hydroxylation is 1. The lowest BCUT2D eigenvalue weighted by Crippen LogP contribution is -2.37. The van der Waals surface area contributed by atoms with Crippen LogP contribution in [0.15, 0.2) is 0 Å². The van der Waals surface area contributed by atoms with Crippen LogP contribution in [0.3, 0.4) is 0 Å². The molecule has 1 heterocycles. The van der Waals surface area contributed by atoms with E-state index in [-0.39, 0.29) is 5.95 Å². The number of hydrogen-bond acceptors (Lipinski definition) is 3. The number of nitro groups is 1. The van der Waals surface area contributed by atoms with E-state index in [1.54, 1.807) is 9.25 Å². The molecule has 0 aliphatic heterocycles. The molecule has 0 unspecified atom stereocenters. The van der Waals surface area contributed by atoms with Gasteiger partial charge in [0.05, 0.1) is 11.5 Å². The zero-order valence-corrected chi connectivity index (χ0v) is 8.02. The number of hydrogen-bond donors (Lipinski definition) is 0. The topological polar surface area (TPSA) is 64.8 Å². The zero-order chi connectivity index (χ0) is 10.0. The fraction of sp³-hybridized carbons (Fsp3) is 0.714. The van der Waals surface area contributed by atoms with E-state index in [2.05, 4.69) is 5.10 Å². The van der Waals surface area contributed by atoms with Gasteiger partial charge in [0, 0.05) is 6.92 Å². The summed E-state index contributed by atoms with van der Waals surface area (Å²) in [4.78, 5) is 10.1. The van der Waals surface area contributed by atoms with Crippen LogP contribution in [0.25, 0.3) is 0 Å². The van der Waals surface area contributed by atoms with Gasteiger partial charge in [0.2, 0.25) is 5.82 Å². The first kappa shape index (κ1) is 9.63. The number of nitrogens with zero attached hydrogens (tertiary/aromatic N) is 4. The predicted octanol–water partition coefficient (Wildman–Crippen LogP) is 0.427. The molecule has 1 aromatic heterocycles. The molecule has 6 heteroatoms. The van der Waals surface area contributed by atoms with Gasteiger partial charge in [-0.15, -0.1) is 4.57 Å². The number of aromatic nitrogens is 3. The van der Waals surface area contributed by atoms with Crippen LogP contribution in [0.4, 0.5) is 5.95 Å². The van der Waals surface area contributed by atoms with Crippen molar-refractivity contribution in [3.63, 3.8) is 0 Å². The molecule has 0 radical (unpaired) electrons. The molecule has 13 heavy (non-hydrogen) atoms. The van der Waals surface area contributed by atoms with E-state index in [9.17, 15) is 10.1 Å². The van der Waals surface area contributed by atoms with Crippen LogP contribution < -0.4 is 4.57 Å². The summed E-state index contributed by atoms with van der Waals surface area (Å²) in [6.45, 7) is 6.82. The van der Waals surface area contributed by atoms with Crippen LogP contribution in [0.5, 0.6) is 0 Å². The van der Waals surface area contributed by atoms with Crippen molar-refractivity contribution in [1.82, 2.24) is 9.78 Å². The van der Waals surface area contributed by atoms with E-state index in [4.69, 9.17) is 0 Å². The molecular formula is C7H13N4O2+. The first-order valence-electron chi connectivity index (χ1n) is 4.23. The smallest absolute Gasteiger partial charge is 0.320 e. The number of rotatable bonds is 3. The molecule has 6 nitrogen and oxygen atoms in total. The van der Waals surface area contributed by atoms with Gasteiger partial charge in [0.25, 0.3) is 0 Å². The summed E-state index contributed by atoms with van der Waals surface area (Å²) in [6, 6.07) is 0. The predicted molar refractivity (Wildman–Crippen MR) is 45.2 cm³/mol. The lowest BCUT2D eigenvalue weighted by Gasteiger charge is -1.89. The Morgan fingerprint density at radius 3 is 2.54 bits per heavy atom. The highest BCUT2D eigenvalue weighted by Gasteiger charge is 2.32. The molecule has 1 rings (SSSR count). The molecule has 0 spiro atoms. The molecule has 0 atom stereocenters. The first-order chi connectivity index (χ1) is 6.11. The van der Waals surface area contributed by atoms with Crippen molar-refractivity contribution in [2.75, 3.05) is 0 Å². The first-order valence-corrected chi connectivity index (χ1v) is 4.23. The molecule has 0 aliphatic rings. The monoisotopic (exact) mass is 185 g/mol. The van der Waals surface area contributed by atoms with Gasteiger partial charge in [-0.05, 0) is 13.8 Å². The van der Waals surface area contributed by atoms with Crippen molar-refractivity contribution in [3.05, 3.63) is 15.9 Å². The molecule has 0 saturated carbocycles. The van der Waals surface area contributed by atoms with Crippen molar-refractivity contribution >= 4 is 5.95 Å². The van der Waals surface area contributed by atoms with Gasteiger partial charge in [-0.25, -0.2) is 0 Å². The molecule has 1 aromatic rings. The summed E-state index contributed by atoms with van der Waals surface area (Å²) in [7, 11) is 0. The molecule has 0 aliphatic carbocycles. The Labute approximate surface area is 75.9 Å². The lowest BCUT2D eigenvalue weighted by atomic mass is 10.6. The van der Waals surface area contributed by atoms with Crippen molar-refractivity contribution in [1.29, 1.82) is 0 Å². The quantitative estimate of drug-likeness (QED) is 0.389. The minimum absolute atomic E-state index is 0.0816. The average Bonchev–Trinajstić information content (AvgIpc) is 2.42. The molecule has 0 N–H and O–H groups in total. The van der Waals surface area contributed by atoms with E-state index in [1.807, 2.05) is 20.8 Å². The Kier molecular flexibility index (Phi) is 2.60. The SMILES string of the molecule is CCn1nc([N+](=O)[O-])[n+](CC)c1C. The standard InChI is InChI=1S/C7H13N4O2/c1-4-9-6(3)10(5-2)8-7(9)11(12)13/h4-5H2,1-3H3/q+1. The third-order valence-electron chi connectivity index (χ3n) is 1.99. The molecule has 0 fully saturated rings. The van der Waals surface area contributed by atoms with Crippen LogP contribution in [0, 0.1) is 17.0 Å². The highest BCUT2D eigenvalue weighted by atomic mass is 16.6. The van der Waals surface area contributed by atoms with Gasteiger partial charge in [-0.3, -0.25) is 0 Å². The second-order valence-corrected chi connectivity index (χ2v) is 2.66. The molecular weight excluding hydrogens is 172 g/mol. The molecule has 72 valence electrons.